The van der Waals surface area contributed by atoms with Crippen LogP contribution in [0.15, 0.2) is 0 Å². The van der Waals surface area contributed by atoms with Crippen molar-refractivity contribution < 1.29 is 4.79 Å². The lowest BCUT2D eigenvalue weighted by Gasteiger charge is -2.24. The molecule has 1 saturated heterocycles. The normalized spacial score (nSPS) is 27.0. The lowest BCUT2D eigenvalue weighted by molar-refractivity contribution is -0.130. The van der Waals surface area contributed by atoms with Crippen LogP contribution in [0.3, 0.4) is 0 Å². The van der Waals surface area contributed by atoms with Gasteiger partial charge in [0.15, 0.2) is 0 Å². The number of amides is 1. The summed E-state index contributed by atoms with van der Waals surface area (Å²) in [5.41, 5.74) is 0. The van der Waals surface area contributed by atoms with Gasteiger partial charge in [0, 0.05) is 6.54 Å². The van der Waals surface area contributed by atoms with Crippen LogP contribution in [0.1, 0.15) is 84.5 Å². The highest BCUT2D eigenvalue weighted by Crippen LogP contribution is 2.29. The number of nitrogens with one attached hydrogen (secondary N) is 1. The zero-order chi connectivity index (χ0) is 15.1. The van der Waals surface area contributed by atoms with Gasteiger partial charge in [-0.15, -0.1) is 0 Å². The number of nitrogens with zero attached hydrogens (tertiary/aromatic N) is 1. The number of carbonyl (C=O) groups is 1. The summed E-state index contributed by atoms with van der Waals surface area (Å²) in [6.07, 6.45) is 14.1. The number of hydrogen-bond acceptors (Lipinski definition) is 2. The Hall–Kier alpha value is -0.570. The third-order valence-corrected chi connectivity index (χ3v) is 5.25. The van der Waals surface area contributed by atoms with Crippen molar-refractivity contribution in [2.24, 2.45) is 5.92 Å². The minimum atomic E-state index is 0.0907. The van der Waals surface area contributed by atoms with Crippen LogP contribution in [0.2, 0.25) is 0 Å². The van der Waals surface area contributed by atoms with Gasteiger partial charge >= 0.3 is 0 Å². The van der Waals surface area contributed by atoms with Gasteiger partial charge < -0.3 is 4.90 Å². The largest absolute Gasteiger partial charge is 0.326 e. The second kappa shape index (κ2) is 8.77. The Morgan fingerprint density at radius 1 is 1.05 bits per heavy atom. The number of unbranched alkanes of at least 4 members (excludes halogenated alkanes) is 1. The van der Waals surface area contributed by atoms with Crippen molar-refractivity contribution in [3.05, 3.63) is 0 Å². The van der Waals surface area contributed by atoms with Crippen LogP contribution in [-0.4, -0.2) is 29.6 Å². The first kappa shape index (κ1) is 16.8. The standard InChI is InChI=1S/C18H34N2O/c1-3-5-13-16-18(21)20(17(19-16)9-4-2)14-8-12-15-10-6-7-11-15/h15-17,19H,3-14H2,1-2H3. The van der Waals surface area contributed by atoms with Crippen molar-refractivity contribution in [2.45, 2.75) is 96.7 Å². The smallest absolute Gasteiger partial charge is 0.241 e. The van der Waals surface area contributed by atoms with Crippen LogP contribution in [0, 0.1) is 5.92 Å². The molecule has 3 heteroatoms. The molecule has 0 aromatic carbocycles. The Labute approximate surface area is 130 Å². The molecule has 2 rings (SSSR count). The lowest BCUT2D eigenvalue weighted by Crippen LogP contribution is -2.38. The van der Waals surface area contributed by atoms with E-state index < -0.39 is 0 Å². The molecular weight excluding hydrogens is 260 g/mol. The van der Waals surface area contributed by atoms with Crippen molar-refractivity contribution in [1.82, 2.24) is 10.2 Å². The number of rotatable bonds is 9. The van der Waals surface area contributed by atoms with Crippen LogP contribution in [0.4, 0.5) is 0 Å². The van der Waals surface area contributed by atoms with Crippen LogP contribution in [-0.2, 0) is 4.79 Å². The maximum atomic E-state index is 12.6. The fourth-order valence-corrected chi connectivity index (χ4v) is 3.99. The van der Waals surface area contributed by atoms with Gasteiger partial charge in [-0.3, -0.25) is 10.1 Å². The molecule has 122 valence electrons. The molecule has 21 heavy (non-hydrogen) atoms. The monoisotopic (exact) mass is 294 g/mol. The van der Waals surface area contributed by atoms with E-state index in [0.717, 1.165) is 38.1 Å². The Bertz CT molecular complexity index is 312. The molecule has 2 aliphatic rings. The van der Waals surface area contributed by atoms with E-state index in [1.54, 1.807) is 0 Å². The van der Waals surface area contributed by atoms with E-state index in [2.05, 4.69) is 24.1 Å². The summed E-state index contributed by atoms with van der Waals surface area (Å²) in [5, 5.41) is 3.58. The first-order valence-electron chi connectivity index (χ1n) is 9.32. The van der Waals surface area contributed by atoms with Crippen LogP contribution in [0.5, 0.6) is 0 Å². The predicted molar refractivity (Wildman–Crippen MR) is 88.0 cm³/mol. The third kappa shape index (κ3) is 4.70. The first-order valence-corrected chi connectivity index (χ1v) is 9.32. The lowest BCUT2D eigenvalue weighted by atomic mass is 10.0. The van der Waals surface area contributed by atoms with Gasteiger partial charge in [0.05, 0.1) is 12.2 Å². The van der Waals surface area contributed by atoms with Crippen molar-refractivity contribution in [3.8, 4) is 0 Å². The molecule has 0 bridgehead atoms. The fraction of sp³-hybridized carbons (Fsp3) is 0.944. The summed E-state index contributed by atoms with van der Waals surface area (Å²) >= 11 is 0. The number of hydrogen-bond donors (Lipinski definition) is 1. The second-order valence-electron chi connectivity index (χ2n) is 6.99. The first-order chi connectivity index (χ1) is 10.3. The molecule has 1 aliphatic heterocycles. The van der Waals surface area contributed by atoms with Crippen molar-refractivity contribution in [1.29, 1.82) is 0 Å². The summed E-state index contributed by atoms with van der Waals surface area (Å²) in [5.74, 6) is 1.31. The van der Waals surface area contributed by atoms with Gasteiger partial charge in [-0.25, -0.2) is 0 Å². The fourth-order valence-electron chi connectivity index (χ4n) is 3.99. The maximum Gasteiger partial charge on any atom is 0.241 e. The Balaban J connectivity index is 1.80. The molecule has 0 spiro atoms. The molecule has 2 atom stereocenters. The van der Waals surface area contributed by atoms with Crippen molar-refractivity contribution in [3.63, 3.8) is 0 Å². The molecule has 2 unspecified atom stereocenters. The molecule has 1 aliphatic carbocycles. The third-order valence-electron chi connectivity index (χ3n) is 5.25. The molecule has 1 amide bonds. The van der Waals surface area contributed by atoms with Crippen LogP contribution >= 0.6 is 0 Å². The summed E-state index contributed by atoms with van der Waals surface area (Å²) in [6, 6.07) is 0.0907. The van der Waals surface area contributed by atoms with E-state index >= 15 is 0 Å². The molecule has 1 saturated carbocycles. The van der Waals surface area contributed by atoms with E-state index in [4.69, 9.17) is 0 Å². The van der Waals surface area contributed by atoms with E-state index in [1.807, 2.05) is 0 Å². The summed E-state index contributed by atoms with van der Waals surface area (Å²) in [7, 11) is 0. The summed E-state index contributed by atoms with van der Waals surface area (Å²) in [6.45, 7) is 5.38. The second-order valence-corrected chi connectivity index (χ2v) is 6.99. The Morgan fingerprint density at radius 3 is 2.48 bits per heavy atom. The molecule has 3 nitrogen and oxygen atoms in total. The van der Waals surface area contributed by atoms with E-state index in [-0.39, 0.29) is 6.04 Å². The zero-order valence-electron chi connectivity index (χ0n) is 14.1. The molecule has 0 aromatic heterocycles. The van der Waals surface area contributed by atoms with Gasteiger partial charge in [-0.2, -0.15) is 0 Å². The highest BCUT2D eigenvalue weighted by atomic mass is 16.2. The van der Waals surface area contributed by atoms with E-state index in [0.29, 0.717) is 12.1 Å². The minimum absolute atomic E-state index is 0.0907. The minimum Gasteiger partial charge on any atom is -0.326 e. The molecule has 1 N–H and O–H groups in total. The van der Waals surface area contributed by atoms with Crippen LogP contribution in [0.25, 0.3) is 0 Å². The van der Waals surface area contributed by atoms with Gasteiger partial charge in [0.2, 0.25) is 5.91 Å². The highest BCUT2D eigenvalue weighted by molar-refractivity contribution is 5.84. The predicted octanol–water partition coefficient (Wildman–Crippen LogP) is 4.07. The van der Waals surface area contributed by atoms with Crippen LogP contribution < -0.4 is 5.32 Å². The molecular formula is C18H34N2O. The van der Waals surface area contributed by atoms with E-state index in [1.165, 1.54) is 44.9 Å². The Morgan fingerprint density at radius 2 is 1.81 bits per heavy atom. The topological polar surface area (TPSA) is 32.3 Å². The molecule has 2 fully saturated rings. The molecule has 0 aromatic rings. The van der Waals surface area contributed by atoms with Gasteiger partial charge in [0.1, 0.15) is 0 Å². The Kier molecular flexibility index (Phi) is 7.01. The molecule has 0 radical (unpaired) electrons. The average Bonchev–Trinajstić information content (AvgIpc) is 3.08. The summed E-state index contributed by atoms with van der Waals surface area (Å²) < 4.78 is 0. The summed E-state index contributed by atoms with van der Waals surface area (Å²) in [4.78, 5) is 14.7. The molecule has 1 heterocycles. The quantitative estimate of drug-likeness (QED) is 0.695. The van der Waals surface area contributed by atoms with Gasteiger partial charge in [-0.05, 0) is 31.6 Å². The van der Waals surface area contributed by atoms with Gasteiger partial charge in [-0.1, -0.05) is 58.8 Å². The van der Waals surface area contributed by atoms with Crippen molar-refractivity contribution in [2.75, 3.05) is 6.54 Å². The SMILES string of the molecule is CCCCC1NC(CCC)N(CCCC2CCCC2)C1=O. The van der Waals surface area contributed by atoms with Gasteiger partial charge in [0.25, 0.3) is 0 Å². The number of carbonyl (C=O) groups excluding carboxylic acids is 1. The highest BCUT2D eigenvalue weighted by Gasteiger charge is 2.37. The van der Waals surface area contributed by atoms with Crippen molar-refractivity contribution >= 4 is 5.91 Å². The average molecular weight is 294 g/mol. The maximum absolute atomic E-state index is 12.6. The van der Waals surface area contributed by atoms with E-state index in [9.17, 15) is 4.79 Å². The zero-order valence-corrected chi connectivity index (χ0v) is 14.1.